The third kappa shape index (κ3) is 2.99. The van der Waals surface area contributed by atoms with Gasteiger partial charge in [-0.1, -0.05) is 66.2 Å². The minimum atomic E-state index is -0.692. The van der Waals surface area contributed by atoms with Gasteiger partial charge in [0.25, 0.3) is 5.91 Å². The maximum Gasteiger partial charge on any atom is 0.410 e. The predicted molar refractivity (Wildman–Crippen MR) is 123 cm³/mol. The number of hydrogen-bond donors (Lipinski definition) is 0. The molecule has 8 heteroatoms. The zero-order chi connectivity index (χ0) is 22.7. The Balaban J connectivity index is 1.25. The number of fused-ring (bicyclic) bond motifs is 6. The van der Waals surface area contributed by atoms with E-state index in [1.54, 1.807) is 28.0 Å². The Morgan fingerprint density at radius 1 is 1.00 bits per heavy atom. The molecule has 4 amide bonds. The number of urea groups is 1. The van der Waals surface area contributed by atoms with Crippen LogP contribution in [0.2, 0.25) is 5.02 Å². The normalized spacial score (nSPS) is 23.5. The number of hydrogen-bond acceptors (Lipinski definition) is 4. The van der Waals surface area contributed by atoms with Crippen LogP contribution >= 0.6 is 11.6 Å². The fraction of sp³-hybridized carbons (Fsp3) is 0.240. The van der Waals surface area contributed by atoms with Crippen molar-refractivity contribution in [2.75, 3.05) is 11.4 Å². The smallest absolute Gasteiger partial charge is 0.410 e. The molecule has 3 aromatic rings. The molecule has 7 nitrogen and oxygen atoms in total. The second-order valence-corrected chi connectivity index (χ2v) is 8.97. The molecule has 0 N–H and O–H groups in total. The number of anilines is 1. The number of rotatable bonds is 3. The van der Waals surface area contributed by atoms with E-state index in [4.69, 9.17) is 16.3 Å². The summed E-state index contributed by atoms with van der Waals surface area (Å²) >= 11 is 6.16. The molecule has 3 heterocycles. The van der Waals surface area contributed by atoms with Crippen LogP contribution in [0.15, 0.2) is 66.7 Å². The largest absolute Gasteiger partial charge is 0.444 e. The van der Waals surface area contributed by atoms with E-state index in [-0.39, 0.29) is 24.6 Å². The Morgan fingerprint density at radius 3 is 2.61 bits per heavy atom. The van der Waals surface area contributed by atoms with E-state index < -0.39 is 18.2 Å². The number of ether oxygens (including phenoxy) is 1. The first-order valence-corrected chi connectivity index (χ1v) is 11.2. The number of amides is 4. The number of benzene rings is 3. The average molecular weight is 462 g/mol. The molecule has 0 radical (unpaired) electrons. The van der Waals surface area contributed by atoms with Crippen LogP contribution in [0, 0.1) is 0 Å². The monoisotopic (exact) mass is 461 g/mol. The van der Waals surface area contributed by atoms with Gasteiger partial charge in [0.05, 0.1) is 17.8 Å². The van der Waals surface area contributed by atoms with Crippen LogP contribution in [0.3, 0.4) is 0 Å². The maximum absolute atomic E-state index is 13.5. The molecule has 3 aromatic carbocycles. The van der Waals surface area contributed by atoms with Crippen molar-refractivity contribution in [3.8, 4) is 0 Å². The topological polar surface area (TPSA) is 70.2 Å². The van der Waals surface area contributed by atoms with E-state index in [0.717, 1.165) is 10.8 Å². The Morgan fingerprint density at radius 2 is 1.76 bits per heavy atom. The van der Waals surface area contributed by atoms with Crippen molar-refractivity contribution in [2.24, 2.45) is 0 Å². The molecule has 33 heavy (non-hydrogen) atoms. The lowest BCUT2D eigenvalue weighted by Crippen LogP contribution is -2.54. The van der Waals surface area contributed by atoms with Crippen LogP contribution in [-0.2, 0) is 16.1 Å². The third-order valence-corrected chi connectivity index (χ3v) is 7.18. The van der Waals surface area contributed by atoms with Crippen LogP contribution in [0.1, 0.15) is 12.0 Å². The number of nitrogens with zero attached hydrogens (tertiary/aromatic N) is 3. The summed E-state index contributed by atoms with van der Waals surface area (Å²) in [6.07, 6.45) is 0.0816. The van der Waals surface area contributed by atoms with Crippen molar-refractivity contribution in [3.63, 3.8) is 0 Å². The van der Waals surface area contributed by atoms with Crippen molar-refractivity contribution in [1.29, 1.82) is 0 Å². The molecule has 3 fully saturated rings. The Labute approximate surface area is 195 Å². The summed E-state index contributed by atoms with van der Waals surface area (Å²) in [6, 6.07) is 18.8. The van der Waals surface area contributed by atoms with E-state index in [1.807, 2.05) is 48.5 Å². The molecule has 2 bridgehead atoms. The summed E-state index contributed by atoms with van der Waals surface area (Å²) < 4.78 is 5.50. The molecule has 0 spiro atoms. The summed E-state index contributed by atoms with van der Waals surface area (Å²) in [5, 5.41) is 2.32. The molecule has 2 unspecified atom stereocenters. The van der Waals surface area contributed by atoms with Gasteiger partial charge < -0.3 is 14.5 Å². The highest BCUT2D eigenvalue weighted by atomic mass is 35.5. The van der Waals surface area contributed by atoms with E-state index >= 15 is 0 Å². The van der Waals surface area contributed by atoms with Crippen LogP contribution < -0.4 is 4.90 Å². The minimum Gasteiger partial charge on any atom is -0.444 e. The van der Waals surface area contributed by atoms with Gasteiger partial charge in [-0.25, -0.2) is 14.5 Å². The van der Waals surface area contributed by atoms with Crippen molar-refractivity contribution < 1.29 is 19.1 Å². The number of piperazine rings is 1. The highest BCUT2D eigenvalue weighted by Crippen LogP contribution is 2.43. The second-order valence-electron chi connectivity index (χ2n) is 8.56. The number of halogens is 1. The van der Waals surface area contributed by atoms with Crippen molar-refractivity contribution in [3.05, 3.63) is 77.3 Å². The van der Waals surface area contributed by atoms with Gasteiger partial charge in [-0.15, -0.1) is 0 Å². The van der Waals surface area contributed by atoms with Crippen LogP contribution in [0.5, 0.6) is 0 Å². The zero-order valence-electron chi connectivity index (χ0n) is 17.6. The van der Waals surface area contributed by atoms with Crippen LogP contribution in [-0.4, -0.2) is 52.5 Å². The van der Waals surface area contributed by atoms with E-state index in [2.05, 4.69) is 0 Å². The molecule has 0 saturated carbocycles. The highest BCUT2D eigenvalue weighted by Gasteiger charge is 2.63. The number of carbonyl (C=O) groups excluding carboxylic acids is 3. The first kappa shape index (κ1) is 20.1. The molecular formula is C25H20ClN3O4. The molecule has 3 atom stereocenters. The molecule has 0 aromatic heterocycles. The van der Waals surface area contributed by atoms with Gasteiger partial charge in [0, 0.05) is 22.5 Å². The van der Waals surface area contributed by atoms with Gasteiger partial charge in [0.2, 0.25) is 0 Å². The van der Waals surface area contributed by atoms with E-state index in [1.165, 1.54) is 4.90 Å². The fourth-order valence-corrected chi connectivity index (χ4v) is 5.52. The zero-order valence-corrected chi connectivity index (χ0v) is 18.3. The molecular weight excluding hydrogens is 442 g/mol. The Kier molecular flexibility index (Phi) is 4.55. The minimum absolute atomic E-state index is 0.0514. The lowest BCUT2D eigenvalue weighted by Gasteiger charge is -2.34. The van der Waals surface area contributed by atoms with Gasteiger partial charge in [-0.2, -0.15) is 0 Å². The number of carbonyl (C=O) groups is 3. The number of likely N-dealkylation sites (tertiary alicyclic amines) is 1. The third-order valence-electron chi connectivity index (χ3n) is 6.82. The SMILES string of the molecule is O=C1C2C3C[C@H](CN3C(=O)OCc3ccccc3Cl)N2C(=O)N1c1cccc2ccccc12. The van der Waals surface area contributed by atoms with Gasteiger partial charge in [-0.3, -0.25) is 4.79 Å². The number of imide groups is 1. The van der Waals surface area contributed by atoms with Crippen molar-refractivity contribution >= 4 is 46.1 Å². The van der Waals surface area contributed by atoms with Gasteiger partial charge in [-0.05, 0) is 23.9 Å². The van der Waals surface area contributed by atoms with Gasteiger partial charge in [0.1, 0.15) is 12.6 Å². The van der Waals surface area contributed by atoms with Crippen LogP contribution in [0.4, 0.5) is 15.3 Å². The molecule has 3 saturated heterocycles. The molecule has 6 rings (SSSR count). The summed E-state index contributed by atoms with van der Waals surface area (Å²) in [5.74, 6) is -0.299. The summed E-state index contributed by atoms with van der Waals surface area (Å²) in [5.41, 5.74) is 1.29. The van der Waals surface area contributed by atoms with E-state index in [0.29, 0.717) is 29.2 Å². The summed E-state index contributed by atoms with van der Waals surface area (Å²) in [4.78, 5) is 44.2. The molecule has 3 aliphatic rings. The maximum atomic E-state index is 13.5. The second kappa shape index (κ2) is 7.49. The fourth-order valence-electron chi connectivity index (χ4n) is 5.33. The Hall–Kier alpha value is -3.58. The first-order valence-electron chi connectivity index (χ1n) is 10.9. The van der Waals surface area contributed by atoms with Crippen molar-refractivity contribution in [1.82, 2.24) is 9.80 Å². The predicted octanol–water partition coefficient (Wildman–Crippen LogP) is 4.42. The average Bonchev–Trinajstić information content (AvgIpc) is 3.49. The quantitative estimate of drug-likeness (QED) is 0.541. The first-order chi connectivity index (χ1) is 16.0. The lowest BCUT2D eigenvalue weighted by atomic mass is 10.1. The van der Waals surface area contributed by atoms with Crippen LogP contribution in [0.25, 0.3) is 10.8 Å². The molecule has 3 aliphatic heterocycles. The standard InChI is InChI=1S/C25H20ClN3O4/c26-19-10-4-2-7-16(19)14-33-25(32)27-13-17-12-21(27)22-23(30)29(24(31)28(17)22)20-11-5-8-15-6-1-3-9-18(15)20/h1-11,17,21-22H,12-14H2/t17-,21?,22?/m1/s1. The molecule has 0 aliphatic carbocycles. The van der Waals surface area contributed by atoms with E-state index in [9.17, 15) is 14.4 Å². The summed E-state index contributed by atoms with van der Waals surface area (Å²) in [6.45, 7) is 0.403. The molecule has 166 valence electrons. The summed E-state index contributed by atoms with van der Waals surface area (Å²) in [7, 11) is 0. The van der Waals surface area contributed by atoms with Crippen molar-refractivity contribution in [2.45, 2.75) is 31.2 Å². The highest BCUT2D eigenvalue weighted by molar-refractivity contribution is 6.31. The lowest BCUT2D eigenvalue weighted by molar-refractivity contribution is -0.121. The Bertz CT molecular complexity index is 1310. The van der Waals surface area contributed by atoms with Gasteiger partial charge in [0.15, 0.2) is 0 Å². The van der Waals surface area contributed by atoms with Gasteiger partial charge >= 0.3 is 12.1 Å².